The molecule has 0 saturated heterocycles. The van der Waals surface area contributed by atoms with Gasteiger partial charge in [-0.2, -0.15) is 26.3 Å². The number of pyridine rings is 1. The van der Waals surface area contributed by atoms with Crippen LogP contribution in [-0.2, 0) is 12.4 Å². The lowest BCUT2D eigenvalue weighted by molar-refractivity contribution is -0.143. The maximum atomic E-state index is 13.9. The molecule has 33 heavy (non-hydrogen) atoms. The van der Waals surface area contributed by atoms with Gasteiger partial charge >= 0.3 is 12.4 Å². The summed E-state index contributed by atoms with van der Waals surface area (Å²) in [5.41, 5.74) is -2.52. The lowest BCUT2D eigenvalue weighted by Gasteiger charge is -2.17. The van der Waals surface area contributed by atoms with E-state index in [1.54, 1.807) is 0 Å². The van der Waals surface area contributed by atoms with E-state index in [1.165, 1.54) is 35.4 Å². The van der Waals surface area contributed by atoms with Gasteiger partial charge in [0.15, 0.2) is 0 Å². The van der Waals surface area contributed by atoms with Crippen molar-refractivity contribution in [1.82, 2.24) is 14.5 Å². The van der Waals surface area contributed by atoms with Crippen LogP contribution in [0.5, 0.6) is 0 Å². The molecule has 0 spiro atoms. The lowest BCUT2D eigenvalue weighted by Crippen LogP contribution is -2.11. The summed E-state index contributed by atoms with van der Waals surface area (Å²) in [6.45, 7) is 0. The average molecular weight is 486 g/mol. The van der Waals surface area contributed by atoms with Gasteiger partial charge in [-0.3, -0.25) is 9.55 Å². The van der Waals surface area contributed by atoms with Crippen molar-refractivity contribution in [3.05, 3.63) is 89.3 Å². The molecule has 0 saturated carbocycles. The third-order valence-electron chi connectivity index (χ3n) is 4.80. The van der Waals surface area contributed by atoms with Crippen LogP contribution in [0.1, 0.15) is 11.1 Å². The molecule has 0 aliphatic rings. The molecule has 3 nitrogen and oxygen atoms in total. The van der Waals surface area contributed by atoms with Crippen molar-refractivity contribution in [2.75, 3.05) is 0 Å². The number of rotatable bonds is 3. The Balaban J connectivity index is 1.94. The summed E-state index contributed by atoms with van der Waals surface area (Å²) in [5.74, 6) is -0.587. The Bertz CT molecular complexity index is 1290. The van der Waals surface area contributed by atoms with Crippen LogP contribution < -0.4 is 0 Å². The van der Waals surface area contributed by atoms with Crippen molar-refractivity contribution >= 4 is 11.6 Å². The molecule has 170 valence electrons. The van der Waals surface area contributed by atoms with Crippen LogP contribution in [0.25, 0.3) is 28.1 Å². The quantitative estimate of drug-likeness (QED) is 0.282. The zero-order chi connectivity index (χ0) is 24.0. The highest BCUT2D eigenvalue weighted by Crippen LogP contribution is 2.40. The maximum Gasteiger partial charge on any atom is 0.416 e. The van der Waals surface area contributed by atoms with Gasteiger partial charge in [-0.1, -0.05) is 11.6 Å². The third kappa shape index (κ3) is 4.56. The van der Waals surface area contributed by atoms with Gasteiger partial charge in [0, 0.05) is 27.9 Å². The Morgan fingerprint density at radius 2 is 1.42 bits per heavy atom. The van der Waals surface area contributed by atoms with Crippen LogP contribution in [0, 0.1) is 5.82 Å². The van der Waals surface area contributed by atoms with Gasteiger partial charge in [-0.05, 0) is 42.5 Å². The highest BCUT2D eigenvalue weighted by Gasteiger charge is 2.37. The molecule has 0 amide bonds. The summed E-state index contributed by atoms with van der Waals surface area (Å²) in [6, 6.07) is 6.38. The van der Waals surface area contributed by atoms with Gasteiger partial charge in [-0.15, -0.1) is 0 Å². The van der Waals surface area contributed by atoms with Crippen molar-refractivity contribution in [1.29, 1.82) is 0 Å². The van der Waals surface area contributed by atoms with Gasteiger partial charge in [0.2, 0.25) is 0 Å². The molecule has 4 rings (SSSR count). The molecule has 0 radical (unpaired) electrons. The van der Waals surface area contributed by atoms with E-state index in [9.17, 15) is 30.7 Å². The number of alkyl halides is 6. The van der Waals surface area contributed by atoms with E-state index in [1.807, 2.05) is 0 Å². The van der Waals surface area contributed by atoms with E-state index in [0.717, 1.165) is 18.3 Å². The van der Waals surface area contributed by atoms with Gasteiger partial charge in [-0.25, -0.2) is 9.37 Å². The molecule has 0 fully saturated rings. The van der Waals surface area contributed by atoms with Crippen LogP contribution >= 0.6 is 11.6 Å². The molecule has 4 aromatic rings. The largest absolute Gasteiger partial charge is 0.416 e. The zero-order valence-electron chi connectivity index (χ0n) is 16.2. The molecule has 2 heterocycles. The first-order valence-corrected chi connectivity index (χ1v) is 9.55. The average Bonchev–Trinajstić information content (AvgIpc) is 3.24. The van der Waals surface area contributed by atoms with Crippen LogP contribution in [-0.4, -0.2) is 14.5 Å². The fourth-order valence-corrected chi connectivity index (χ4v) is 3.53. The molecule has 0 aliphatic carbocycles. The predicted molar refractivity (Wildman–Crippen MR) is 107 cm³/mol. The topological polar surface area (TPSA) is 30.7 Å². The van der Waals surface area contributed by atoms with Crippen molar-refractivity contribution in [3.63, 3.8) is 0 Å². The molecule has 0 aliphatic heterocycles. The summed E-state index contributed by atoms with van der Waals surface area (Å²) in [6.07, 6.45) is -4.97. The Hall–Kier alpha value is -3.40. The summed E-state index contributed by atoms with van der Waals surface area (Å²) >= 11 is 6.20. The number of halogens is 8. The molecule has 2 aromatic carbocycles. The first-order valence-electron chi connectivity index (χ1n) is 9.17. The Morgan fingerprint density at radius 3 is 2.06 bits per heavy atom. The van der Waals surface area contributed by atoms with E-state index >= 15 is 0 Å². The minimum atomic E-state index is -5.00. The van der Waals surface area contributed by atoms with E-state index in [-0.39, 0.29) is 33.6 Å². The number of imidazole rings is 1. The fraction of sp³-hybridized carbons (Fsp3) is 0.0909. The maximum absolute atomic E-state index is 13.9. The molecule has 11 heteroatoms. The second-order valence-electron chi connectivity index (χ2n) is 6.96. The molecule has 0 N–H and O–H groups in total. The van der Waals surface area contributed by atoms with Crippen LogP contribution in [0.3, 0.4) is 0 Å². The molecular weight excluding hydrogens is 475 g/mol. The first-order chi connectivity index (χ1) is 15.4. The Labute approximate surface area is 187 Å². The van der Waals surface area contributed by atoms with Gasteiger partial charge in [0.25, 0.3) is 0 Å². The Kier molecular flexibility index (Phi) is 5.65. The van der Waals surface area contributed by atoms with Crippen LogP contribution in [0.2, 0.25) is 5.02 Å². The van der Waals surface area contributed by atoms with E-state index in [0.29, 0.717) is 17.7 Å². The smallest absolute Gasteiger partial charge is 0.297 e. The van der Waals surface area contributed by atoms with Crippen molar-refractivity contribution in [3.8, 4) is 28.1 Å². The standard InChI is InChI=1S/C22H11ClF7N3/c23-18-2-1-15(24)8-17(18)16-3-4-31-10-20(16)33-11-32-9-19(33)12-5-13(21(25,26)27)7-14(6-12)22(28,29)30/h1-11H. The van der Waals surface area contributed by atoms with Gasteiger partial charge in [0.05, 0.1) is 41.2 Å². The fourth-order valence-electron chi connectivity index (χ4n) is 3.31. The Morgan fingerprint density at radius 1 is 0.758 bits per heavy atom. The third-order valence-corrected chi connectivity index (χ3v) is 5.13. The van der Waals surface area contributed by atoms with Crippen molar-refractivity contribution in [2.45, 2.75) is 12.4 Å². The highest BCUT2D eigenvalue weighted by atomic mass is 35.5. The lowest BCUT2D eigenvalue weighted by atomic mass is 10.0. The molecule has 0 bridgehead atoms. The van der Waals surface area contributed by atoms with Crippen molar-refractivity contribution < 1.29 is 30.7 Å². The van der Waals surface area contributed by atoms with E-state index in [2.05, 4.69) is 9.97 Å². The summed E-state index contributed by atoms with van der Waals surface area (Å²) in [7, 11) is 0. The number of hydrogen-bond donors (Lipinski definition) is 0. The molecular formula is C22H11ClF7N3. The number of hydrogen-bond acceptors (Lipinski definition) is 2. The first kappa shape index (κ1) is 22.8. The summed E-state index contributed by atoms with van der Waals surface area (Å²) in [4.78, 5) is 7.88. The zero-order valence-corrected chi connectivity index (χ0v) is 17.0. The molecule has 0 unspecified atom stereocenters. The second kappa shape index (κ2) is 8.18. The summed E-state index contributed by atoms with van der Waals surface area (Å²) in [5, 5.41) is 0.184. The number of aromatic nitrogens is 3. The van der Waals surface area contributed by atoms with E-state index in [4.69, 9.17) is 11.6 Å². The second-order valence-corrected chi connectivity index (χ2v) is 7.37. The molecule has 0 atom stereocenters. The number of benzene rings is 2. The molecule has 2 aromatic heterocycles. The minimum absolute atomic E-state index is 0.0478. The monoisotopic (exact) mass is 485 g/mol. The van der Waals surface area contributed by atoms with Gasteiger partial charge < -0.3 is 0 Å². The van der Waals surface area contributed by atoms with E-state index < -0.39 is 29.3 Å². The normalized spacial score (nSPS) is 12.2. The SMILES string of the molecule is Fc1ccc(Cl)c(-c2ccncc2-n2cncc2-c2cc(C(F)(F)F)cc(C(F)(F)F)c2)c1. The number of nitrogens with zero attached hydrogens (tertiary/aromatic N) is 3. The van der Waals surface area contributed by atoms with Gasteiger partial charge in [0.1, 0.15) is 5.82 Å². The van der Waals surface area contributed by atoms with Crippen LogP contribution in [0.15, 0.2) is 67.4 Å². The minimum Gasteiger partial charge on any atom is -0.297 e. The van der Waals surface area contributed by atoms with Crippen LogP contribution in [0.4, 0.5) is 30.7 Å². The summed E-state index contributed by atoms with van der Waals surface area (Å²) < 4.78 is 95.0. The predicted octanol–water partition coefficient (Wildman–Crippen LogP) is 7.43. The van der Waals surface area contributed by atoms with Crippen molar-refractivity contribution in [2.24, 2.45) is 0 Å². The highest BCUT2D eigenvalue weighted by molar-refractivity contribution is 6.33.